The fourth-order valence-corrected chi connectivity index (χ4v) is 16.3. The molecule has 2 bridgehead atoms. The molecule has 0 spiro atoms. The van der Waals surface area contributed by atoms with Gasteiger partial charge < -0.3 is 23.8 Å². The number of alkyl halides is 1. The quantitative estimate of drug-likeness (QED) is 0.0632. The molecular weight excluding hydrogens is 836 g/mol. The number of rotatable bonds is 11. The van der Waals surface area contributed by atoms with Crippen molar-refractivity contribution < 1.29 is 36.9 Å². The minimum Gasteiger partial charge on any atom is -0.468 e. The zero-order valence-corrected chi connectivity index (χ0v) is 39.9. The van der Waals surface area contributed by atoms with Crippen molar-refractivity contribution in [2.45, 2.75) is 128 Å². The summed E-state index contributed by atoms with van der Waals surface area (Å²) in [7, 11) is -0.797. The summed E-state index contributed by atoms with van der Waals surface area (Å²) in [6.07, 6.45) is 4.68. The van der Waals surface area contributed by atoms with E-state index in [1.54, 1.807) is 35.2 Å². The maximum absolute atomic E-state index is 17.9. The van der Waals surface area contributed by atoms with Gasteiger partial charge >= 0.3 is 12.1 Å². The van der Waals surface area contributed by atoms with Gasteiger partial charge in [-0.25, -0.2) is 18.0 Å². The highest BCUT2D eigenvalue weighted by Crippen LogP contribution is 2.45. The summed E-state index contributed by atoms with van der Waals surface area (Å²) in [6.45, 7) is 20.7. The number of nitrogens with zero attached hydrogens (tertiary/aromatic N) is 5. The number of benzene rings is 3. The second-order valence-corrected chi connectivity index (χ2v) is 25.6. The Bertz CT molecular complexity index is 2500. The van der Waals surface area contributed by atoms with Crippen molar-refractivity contribution in [1.82, 2.24) is 19.8 Å². The molecule has 4 aliphatic rings. The fraction of sp³-hybridized carbons (Fsp3) is 0.540. The number of amides is 1. The number of hydrogen-bond donors (Lipinski definition) is 0. The molecule has 3 fully saturated rings. The van der Waals surface area contributed by atoms with E-state index in [-0.39, 0.29) is 48.1 Å². The molecule has 2 unspecified atom stereocenters. The summed E-state index contributed by atoms with van der Waals surface area (Å²) in [6, 6.07) is 9.36. The van der Waals surface area contributed by atoms with E-state index < -0.39 is 43.1 Å². The highest BCUT2D eigenvalue weighted by Gasteiger charge is 2.50. The summed E-state index contributed by atoms with van der Waals surface area (Å²) in [5.74, 6) is 3.05. The second-order valence-electron chi connectivity index (χ2n) is 20.0. The number of piperazine rings is 1. The lowest BCUT2D eigenvalue weighted by molar-refractivity contribution is 0.0146. The molecule has 4 atom stereocenters. The highest BCUT2D eigenvalue weighted by molar-refractivity contribution is 6.90. The standard InChI is InChI=1S/C50H62F3N5O5Si/c1-30(2)64(31(3)4,32(5)6)21-18-39-42(52)17-12-33-22-37(62-29-60-10)23-41(43(33)39)38-15-16-40-45(44(38)53)54-47(61-28-50-19-11-20-57(50)25-34(51)24-50)55-46(40)56-26-35-13-14-36(27-56)58(35)48(59)63-49(7,8)9/h12-17,22-23,30-32,34-36H,11,19-20,24-29H2,1-10H3/t34-,35?,36?,50+/m1/s1. The summed E-state index contributed by atoms with van der Waals surface area (Å²) < 4.78 is 72.6. The lowest BCUT2D eigenvalue weighted by atomic mass is 9.93. The van der Waals surface area contributed by atoms with Crippen molar-refractivity contribution in [2.24, 2.45) is 0 Å². The number of ether oxygens (including phenoxy) is 4. The van der Waals surface area contributed by atoms with Crippen molar-refractivity contribution in [2.75, 3.05) is 51.6 Å². The first-order valence-corrected chi connectivity index (χ1v) is 25.0. The van der Waals surface area contributed by atoms with Gasteiger partial charge in [0.2, 0.25) is 0 Å². The third-order valence-electron chi connectivity index (χ3n) is 13.9. The maximum Gasteiger partial charge on any atom is 0.411 e. The molecule has 64 heavy (non-hydrogen) atoms. The number of fused-ring (bicyclic) bond motifs is 5. The lowest BCUT2D eigenvalue weighted by Gasteiger charge is -2.42. The van der Waals surface area contributed by atoms with E-state index in [2.05, 4.69) is 57.9 Å². The highest BCUT2D eigenvalue weighted by atomic mass is 28.3. The van der Waals surface area contributed by atoms with Crippen molar-refractivity contribution in [3.63, 3.8) is 0 Å². The normalized spacial score (nSPS) is 22.3. The van der Waals surface area contributed by atoms with Crippen LogP contribution in [0, 0.1) is 23.1 Å². The van der Waals surface area contributed by atoms with Gasteiger partial charge in [-0.3, -0.25) is 9.80 Å². The first-order chi connectivity index (χ1) is 30.4. The van der Waals surface area contributed by atoms with Gasteiger partial charge in [-0.1, -0.05) is 71.7 Å². The molecule has 1 aromatic heterocycles. The topological polar surface area (TPSA) is 89.5 Å². The third-order valence-corrected chi connectivity index (χ3v) is 20.2. The molecule has 3 aromatic carbocycles. The Balaban J connectivity index is 1.29. The average Bonchev–Trinajstić information content (AvgIpc) is 3.85. The first-order valence-electron chi connectivity index (χ1n) is 22.7. The average molecular weight is 898 g/mol. The molecule has 0 radical (unpaired) electrons. The summed E-state index contributed by atoms with van der Waals surface area (Å²) in [5.41, 5.74) is 4.21. The Morgan fingerprint density at radius 3 is 2.30 bits per heavy atom. The van der Waals surface area contributed by atoms with E-state index in [0.29, 0.717) is 76.0 Å². The number of aromatic nitrogens is 2. The van der Waals surface area contributed by atoms with Crippen LogP contribution in [0.3, 0.4) is 0 Å². The second kappa shape index (κ2) is 17.5. The number of anilines is 1. The molecule has 3 saturated heterocycles. The van der Waals surface area contributed by atoms with E-state index in [1.165, 1.54) is 13.2 Å². The van der Waals surface area contributed by atoms with Crippen molar-refractivity contribution in [3.8, 4) is 34.4 Å². The smallest absolute Gasteiger partial charge is 0.411 e. The summed E-state index contributed by atoms with van der Waals surface area (Å²) in [4.78, 5) is 29.0. The Kier molecular flexibility index (Phi) is 12.5. The summed E-state index contributed by atoms with van der Waals surface area (Å²) >= 11 is 0. The molecule has 8 rings (SSSR count). The Hall–Kier alpha value is -4.84. The van der Waals surface area contributed by atoms with Crippen LogP contribution in [-0.2, 0) is 9.47 Å². The Labute approximate surface area is 376 Å². The predicted molar refractivity (Wildman–Crippen MR) is 248 cm³/mol. The molecule has 342 valence electrons. The van der Waals surface area contributed by atoms with Gasteiger partial charge in [-0.05, 0) is 92.0 Å². The van der Waals surface area contributed by atoms with Crippen LogP contribution in [0.4, 0.5) is 23.8 Å². The minimum atomic E-state index is -2.32. The molecule has 0 N–H and O–H groups in total. The maximum atomic E-state index is 17.9. The summed E-state index contributed by atoms with van der Waals surface area (Å²) in [5, 5.41) is 1.53. The van der Waals surface area contributed by atoms with Gasteiger partial charge in [-0.15, -0.1) is 5.54 Å². The molecule has 10 nitrogen and oxygen atoms in total. The van der Waals surface area contributed by atoms with E-state index in [9.17, 15) is 9.18 Å². The lowest BCUT2D eigenvalue weighted by Crippen LogP contribution is -2.57. The van der Waals surface area contributed by atoms with Gasteiger partial charge in [0.15, 0.2) is 12.6 Å². The molecule has 0 saturated carbocycles. The first kappa shape index (κ1) is 45.7. The fourth-order valence-electron chi connectivity index (χ4n) is 11.1. The minimum absolute atomic E-state index is 0.00851. The van der Waals surface area contributed by atoms with Crippen LogP contribution in [0.2, 0.25) is 16.6 Å². The number of halogens is 3. The van der Waals surface area contributed by atoms with E-state index in [0.717, 1.165) is 19.4 Å². The number of carbonyl (C=O) groups is 1. The van der Waals surface area contributed by atoms with Gasteiger partial charge in [-0.2, -0.15) is 9.97 Å². The molecule has 1 amide bonds. The van der Waals surface area contributed by atoms with Crippen LogP contribution in [0.5, 0.6) is 11.8 Å². The Morgan fingerprint density at radius 2 is 1.64 bits per heavy atom. The number of hydrogen-bond acceptors (Lipinski definition) is 9. The number of methoxy groups -OCH3 is 1. The van der Waals surface area contributed by atoms with Gasteiger partial charge in [0.25, 0.3) is 0 Å². The SMILES string of the molecule is COCOc1cc(-c2ccc3c(N4CC5C=CC(C4)N5C(=O)OC(C)(C)C)nc(OC[C@@]45CCCN4C[C@H](F)C5)nc3c2F)c2c(C#C[Si](C(C)C)(C(C)C)C(C)C)c(F)ccc2c1. The van der Waals surface area contributed by atoms with Crippen LogP contribution < -0.4 is 14.4 Å². The van der Waals surface area contributed by atoms with Crippen LogP contribution in [0.25, 0.3) is 32.8 Å². The molecule has 14 heteroatoms. The largest absolute Gasteiger partial charge is 0.468 e. The molecule has 0 aliphatic carbocycles. The Morgan fingerprint density at radius 1 is 0.938 bits per heavy atom. The van der Waals surface area contributed by atoms with Crippen LogP contribution in [0.15, 0.2) is 48.6 Å². The molecular formula is C50H62F3N5O5Si. The van der Waals surface area contributed by atoms with E-state index in [4.69, 9.17) is 28.9 Å². The molecule has 5 heterocycles. The van der Waals surface area contributed by atoms with Crippen molar-refractivity contribution in [3.05, 3.63) is 65.7 Å². The molecule has 4 aromatic rings. The number of carbonyl (C=O) groups excluding carboxylic acids is 1. The van der Waals surface area contributed by atoms with Crippen LogP contribution in [0.1, 0.15) is 87.1 Å². The zero-order valence-electron chi connectivity index (χ0n) is 38.9. The molecule has 4 aliphatic heterocycles. The van der Waals surface area contributed by atoms with Gasteiger partial charge in [0.1, 0.15) is 49.4 Å². The third kappa shape index (κ3) is 8.32. The predicted octanol–water partition coefficient (Wildman–Crippen LogP) is 10.6. The van der Waals surface area contributed by atoms with Gasteiger partial charge in [0.05, 0.1) is 23.2 Å². The van der Waals surface area contributed by atoms with E-state index >= 15 is 8.78 Å². The van der Waals surface area contributed by atoms with Crippen LogP contribution >= 0.6 is 0 Å². The van der Waals surface area contributed by atoms with Crippen molar-refractivity contribution in [1.29, 1.82) is 0 Å². The van der Waals surface area contributed by atoms with Crippen molar-refractivity contribution >= 4 is 41.7 Å². The zero-order chi connectivity index (χ0) is 45.9. The van der Waals surface area contributed by atoms with Gasteiger partial charge in [0, 0.05) is 49.5 Å². The monoisotopic (exact) mass is 897 g/mol. The van der Waals surface area contributed by atoms with E-state index in [1.807, 2.05) is 37.8 Å². The van der Waals surface area contributed by atoms with Crippen LogP contribution in [-0.4, -0.2) is 110 Å².